The molecule has 6 nitrogen and oxygen atoms in total. The molecule has 0 aromatic carbocycles. The number of nitrogens with two attached hydrogens (primary N) is 1. The SMILES string of the molecule is NC1CCC(=O)N(CC(=O)N2CCCC2)C1=O. The number of imide groups is 1. The molecule has 0 aliphatic carbocycles. The first-order chi connectivity index (χ1) is 8.09. The molecule has 2 saturated heterocycles. The first-order valence-electron chi connectivity index (χ1n) is 5.97. The third kappa shape index (κ3) is 2.46. The van der Waals surface area contributed by atoms with E-state index < -0.39 is 11.9 Å². The molecule has 0 radical (unpaired) electrons. The van der Waals surface area contributed by atoms with E-state index in [9.17, 15) is 14.4 Å². The molecule has 17 heavy (non-hydrogen) atoms. The smallest absolute Gasteiger partial charge is 0.246 e. The molecule has 1 atom stereocenters. The van der Waals surface area contributed by atoms with E-state index in [2.05, 4.69) is 0 Å². The molecular formula is C11H17N3O3. The maximum atomic E-state index is 11.9. The van der Waals surface area contributed by atoms with Gasteiger partial charge in [0.25, 0.3) is 0 Å². The van der Waals surface area contributed by atoms with Crippen LogP contribution in [0.15, 0.2) is 0 Å². The van der Waals surface area contributed by atoms with Crippen LogP contribution in [0.25, 0.3) is 0 Å². The molecule has 2 aliphatic rings. The van der Waals surface area contributed by atoms with Gasteiger partial charge in [0, 0.05) is 19.5 Å². The number of carbonyl (C=O) groups excluding carboxylic acids is 3. The molecule has 2 fully saturated rings. The molecule has 2 N–H and O–H groups in total. The minimum Gasteiger partial charge on any atom is -0.341 e. The van der Waals surface area contributed by atoms with Gasteiger partial charge in [-0.3, -0.25) is 19.3 Å². The summed E-state index contributed by atoms with van der Waals surface area (Å²) in [5.41, 5.74) is 5.59. The van der Waals surface area contributed by atoms with Crippen molar-refractivity contribution in [1.29, 1.82) is 0 Å². The van der Waals surface area contributed by atoms with Crippen molar-refractivity contribution in [2.75, 3.05) is 19.6 Å². The summed E-state index contributed by atoms with van der Waals surface area (Å²) in [4.78, 5) is 37.8. The van der Waals surface area contributed by atoms with Crippen LogP contribution in [-0.2, 0) is 14.4 Å². The fourth-order valence-corrected chi connectivity index (χ4v) is 2.23. The number of hydrogen-bond acceptors (Lipinski definition) is 4. The maximum Gasteiger partial charge on any atom is 0.246 e. The average Bonchev–Trinajstić information content (AvgIpc) is 2.83. The van der Waals surface area contributed by atoms with Crippen molar-refractivity contribution in [3.63, 3.8) is 0 Å². The summed E-state index contributed by atoms with van der Waals surface area (Å²) < 4.78 is 0. The molecule has 2 aliphatic heterocycles. The van der Waals surface area contributed by atoms with E-state index in [1.807, 2.05) is 0 Å². The lowest BCUT2D eigenvalue weighted by Crippen LogP contribution is -2.54. The van der Waals surface area contributed by atoms with Gasteiger partial charge in [0.1, 0.15) is 6.54 Å². The van der Waals surface area contributed by atoms with E-state index in [0.29, 0.717) is 6.42 Å². The van der Waals surface area contributed by atoms with Crippen molar-refractivity contribution < 1.29 is 14.4 Å². The number of hydrogen-bond donors (Lipinski definition) is 1. The minimum atomic E-state index is -0.640. The van der Waals surface area contributed by atoms with Gasteiger partial charge in [0.05, 0.1) is 6.04 Å². The summed E-state index contributed by atoms with van der Waals surface area (Å²) in [6, 6.07) is -0.640. The quantitative estimate of drug-likeness (QED) is 0.632. The highest BCUT2D eigenvalue weighted by atomic mass is 16.2. The van der Waals surface area contributed by atoms with Gasteiger partial charge in [-0.15, -0.1) is 0 Å². The highest BCUT2D eigenvalue weighted by Gasteiger charge is 2.34. The van der Waals surface area contributed by atoms with E-state index in [1.54, 1.807) is 4.90 Å². The van der Waals surface area contributed by atoms with Crippen LogP contribution in [0.1, 0.15) is 25.7 Å². The number of amides is 3. The predicted molar refractivity (Wildman–Crippen MR) is 59.7 cm³/mol. The molecule has 2 heterocycles. The Morgan fingerprint density at radius 3 is 2.59 bits per heavy atom. The topological polar surface area (TPSA) is 83.7 Å². The average molecular weight is 239 g/mol. The predicted octanol–water partition coefficient (Wildman–Crippen LogP) is -0.915. The van der Waals surface area contributed by atoms with Gasteiger partial charge < -0.3 is 10.6 Å². The van der Waals surface area contributed by atoms with Gasteiger partial charge in [-0.25, -0.2) is 0 Å². The minimum absolute atomic E-state index is 0.147. The van der Waals surface area contributed by atoms with Crippen molar-refractivity contribution in [2.24, 2.45) is 5.73 Å². The molecule has 94 valence electrons. The lowest BCUT2D eigenvalue weighted by molar-refractivity contribution is -0.153. The van der Waals surface area contributed by atoms with E-state index in [0.717, 1.165) is 30.8 Å². The number of piperidine rings is 1. The van der Waals surface area contributed by atoms with Crippen LogP contribution < -0.4 is 5.73 Å². The van der Waals surface area contributed by atoms with Crippen LogP contribution in [-0.4, -0.2) is 53.2 Å². The van der Waals surface area contributed by atoms with E-state index >= 15 is 0 Å². The highest BCUT2D eigenvalue weighted by molar-refractivity contribution is 6.03. The second kappa shape index (κ2) is 4.83. The summed E-state index contributed by atoms with van der Waals surface area (Å²) in [5.74, 6) is -0.864. The van der Waals surface area contributed by atoms with Gasteiger partial charge >= 0.3 is 0 Å². The van der Waals surface area contributed by atoms with Crippen LogP contribution in [0.3, 0.4) is 0 Å². The van der Waals surface area contributed by atoms with Crippen LogP contribution in [0.4, 0.5) is 0 Å². The fraction of sp³-hybridized carbons (Fsp3) is 0.727. The van der Waals surface area contributed by atoms with E-state index in [1.165, 1.54) is 0 Å². The molecular weight excluding hydrogens is 222 g/mol. The second-order valence-corrected chi connectivity index (χ2v) is 4.55. The molecule has 0 spiro atoms. The third-order valence-electron chi connectivity index (χ3n) is 3.31. The molecule has 0 aromatic rings. The number of rotatable bonds is 2. The Labute approximate surface area is 99.7 Å². The molecule has 0 bridgehead atoms. The fourth-order valence-electron chi connectivity index (χ4n) is 2.23. The van der Waals surface area contributed by atoms with Crippen LogP contribution >= 0.6 is 0 Å². The van der Waals surface area contributed by atoms with Crippen LogP contribution in [0, 0.1) is 0 Å². The lowest BCUT2D eigenvalue weighted by Gasteiger charge is -2.29. The number of nitrogens with zero attached hydrogens (tertiary/aromatic N) is 2. The summed E-state index contributed by atoms with van der Waals surface area (Å²) in [5, 5.41) is 0. The zero-order chi connectivity index (χ0) is 12.4. The largest absolute Gasteiger partial charge is 0.341 e. The molecule has 1 unspecified atom stereocenters. The summed E-state index contributed by atoms with van der Waals surface area (Å²) in [7, 11) is 0. The molecule has 2 rings (SSSR count). The number of likely N-dealkylation sites (tertiary alicyclic amines) is 2. The summed E-state index contributed by atoms with van der Waals surface area (Å²) in [6.45, 7) is 1.30. The molecule has 0 aromatic heterocycles. The van der Waals surface area contributed by atoms with Gasteiger partial charge in [0.15, 0.2) is 0 Å². The van der Waals surface area contributed by atoms with Gasteiger partial charge in [-0.05, 0) is 19.3 Å². The lowest BCUT2D eigenvalue weighted by atomic mass is 10.1. The Morgan fingerprint density at radius 1 is 1.29 bits per heavy atom. The zero-order valence-corrected chi connectivity index (χ0v) is 9.72. The summed E-state index contributed by atoms with van der Waals surface area (Å²) in [6.07, 6.45) is 2.62. The third-order valence-corrected chi connectivity index (χ3v) is 3.31. The van der Waals surface area contributed by atoms with Crippen LogP contribution in [0.5, 0.6) is 0 Å². The van der Waals surface area contributed by atoms with Crippen molar-refractivity contribution >= 4 is 17.7 Å². The second-order valence-electron chi connectivity index (χ2n) is 4.55. The Morgan fingerprint density at radius 2 is 1.94 bits per heavy atom. The molecule has 3 amide bonds. The Bertz CT molecular complexity index is 350. The Kier molecular flexibility index (Phi) is 3.42. The molecule has 6 heteroatoms. The van der Waals surface area contributed by atoms with Gasteiger partial charge in [-0.2, -0.15) is 0 Å². The standard InChI is InChI=1S/C11H17N3O3/c12-8-3-4-9(15)14(11(8)17)7-10(16)13-5-1-2-6-13/h8H,1-7,12H2. The monoisotopic (exact) mass is 239 g/mol. The molecule has 0 saturated carbocycles. The van der Waals surface area contributed by atoms with Crippen molar-refractivity contribution in [3.8, 4) is 0 Å². The first-order valence-corrected chi connectivity index (χ1v) is 5.97. The first kappa shape index (κ1) is 12.0. The van der Waals surface area contributed by atoms with Crippen molar-refractivity contribution in [1.82, 2.24) is 9.80 Å². The highest BCUT2D eigenvalue weighted by Crippen LogP contribution is 2.13. The van der Waals surface area contributed by atoms with Gasteiger partial charge in [0.2, 0.25) is 17.7 Å². The van der Waals surface area contributed by atoms with Crippen molar-refractivity contribution in [3.05, 3.63) is 0 Å². The normalized spacial score (nSPS) is 25.6. The Balaban J connectivity index is 1.98. The van der Waals surface area contributed by atoms with Crippen molar-refractivity contribution in [2.45, 2.75) is 31.7 Å². The maximum absolute atomic E-state index is 11.9. The Hall–Kier alpha value is -1.43. The van der Waals surface area contributed by atoms with E-state index in [4.69, 9.17) is 5.73 Å². The summed E-state index contributed by atoms with van der Waals surface area (Å²) >= 11 is 0. The number of carbonyl (C=O) groups is 3. The zero-order valence-electron chi connectivity index (χ0n) is 9.72. The van der Waals surface area contributed by atoms with Gasteiger partial charge in [-0.1, -0.05) is 0 Å². The van der Waals surface area contributed by atoms with Crippen LogP contribution in [0.2, 0.25) is 0 Å². The van der Waals surface area contributed by atoms with E-state index in [-0.39, 0.29) is 24.8 Å².